The molecule has 1 aromatic carbocycles. The molecule has 0 saturated heterocycles. The molecule has 1 rings (SSSR count). The summed E-state index contributed by atoms with van der Waals surface area (Å²) < 4.78 is 23.6. The Labute approximate surface area is 107 Å². The number of hydrogen-bond donors (Lipinski definition) is 0. The minimum absolute atomic E-state index is 0.127. The molecule has 0 spiro atoms. The fraction of sp³-hybridized carbons (Fsp3) is 0.538. The van der Waals surface area contributed by atoms with Crippen molar-refractivity contribution in [2.24, 2.45) is 0 Å². The number of thioether (sulfide) groups is 1. The van der Waals surface area contributed by atoms with Gasteiger partial charge in [-0.1, -0.05) is 0 Å². The average Bonchev–Trinajstić information content (AvgIpc) is 2.32. The molecule has 0 aliphatic rings. The van der Waals surface area contributed by atoms with Crippen molar-refractivity contribution in [3.63, 3.8) is 0 Å². The molecule has 0 aliphatic carbocycles. The third-order valence-corrected chi connectivity index (χ3v) is 3.19. The zero-order chi connectivity index (χ0) is 12.5. The summed E-state index contributed by atoms with van der Waals surface area (Å²) in [6.45, 7) is 5.23. The highest BCUT2D eigenvalue weighted by molar-refractivity contribution is 7.99. The highest BCUT2D eigenvalue weighted by atomic mass is 32.2. The van der Waals surface area contributed by atoms with E-state index in [2.05, 4.69) is 0 Å². The number of ether oxygens (including phenoxy) is 2. The smallest absolute Gasteiger partial charge is 0.158 e. The van der Waals surface area contributed by atoms with Gasteiger partial charge in [0.1, 0.15) is 5.82 Å². The number of rotatable bonds is 8. The van der Waals surface area contributed by atoms with Crippen molar-refractivity contribution in [3.05, 3.63) is 30.1 Å². The molecule has 0 fully saturated rings. The Bertz CT molecular complexity index is 297. The summed E-state index contributed by atoms with van der Waals surface area (Å²) in [7, 11) is 0. The lowest BCUT2D eigenvalue weighted by molar-refractivity contribution is -0.136. The minimum atomic E-state index is -0.198. The number of halogens is 1. The molecule has 1 aromatic rings. The highest BCUT2D eigenvalue weighted by Gasteiger charge is 2.07. The first-order valence-electron chi connectivity index (χ1n) is 5.87. The largest absolute Gasteiger partial charge is 0.353 e. The molecule has 0 unspecified atom stereocenters. The van der Waals surface area contributed by atoms with E-state index >= 15 is 0 Å². The quantitative estimate of drug-likeness (QED) is 0.523. The van der Waals surface area contributed by atoms with Crippen LogP contribution in [-0.4, -0.2) is 25.3 Å². The predicted molar refractivity (Wildman–Crippen MR) is 68.8 cm³/mol. The van der Waals surface area contributed by atoms with E-state index in [1.807, 2.05) is 13.8 Å². The van der Waals surface area contributed by atoms with Crippen molar-refractivity contribution in [1.29, 1.82) is 0 Å². The van der Waals surface area contributed by atoms with Gasteiger partial charge in [0.15, 0.2) is 6.29 Å². The lowest BCUT2D eigenvalue weighted by Crippen LogP contribution is -2.18. The standard InChI is InChI=1S/C13H19FO2S/c1-3-15-13(16-4-2)9-10-17-12-7-5-11(14)6-8-12/h5-8,13H,3-4,9-10H2,1-2H3. The molecule has 0 saturated carbocycles. The molecule has 4 heteroatoms. The van der Waals surface area contributed by atoms with Crippen LogP contribution in [0.4, 0.5) is 4.39 Å². The third kappa shape index (κ3) is 6.05. The first-order valence-corrected chi connectivity index (χ1v) is 6.86. The normalized spacial score (nSPS) is 11.1. The Morgan fingerprint density at radius 2 is 1.71 bits per heavy atom. The summed E-state index contributed by atoms with van der Waals surface area (Å²) in [5.41, 5.74) is 0. The maximum Gasteiger partial charge on any atom is 0.158 e. The van der Waals surface area contributed by atoms with Gasteiger partial charge in [0.2, 0.25) is 0 Å². The molecule has 0 radical (unpaired) electrons. The first kappa shape index (κ1) is 14.5. The van der Waals surface area contributed by atoms with E-state index in [4.69, 9.17) is 9.47 Å². The molecule has 0 amide bonds. The molecule has 17 heavy (non-hydrogen) atoms. The van der Waals surface area contributed by atoms with Crippen molar-refractivity contribution in [1.82, 2.24) is 0 Å². The van der Waals surface area contributed by atoms with Crippen molar-refractivity contribution < 1.29 is 13.9 Å². The summed E-state index contributed by atoms with van der Waals surface area (Å²) >= 11 is 1.68. The Morgan fingerprint density at radius 1 is 1.12 bits per heavy atom. The second kappa shape index (κ2) is 8.50. The van der Waals surface area contributed by atoms with E-state index < -0.39 is 0 Å². The van der Waals surface area contributed by atoms with Gasteiger partial charge in [-0.3, -0.25) is 0 Å². The van der Waals surface area contributed by atoms with Crippen LogP contribution in [0.1, 0.15) is 20.3 Å². The van der Waals surface area contributed by atoms with E-state index in [0.29, 0.717) is 13.2 Å². The molecule has 0 atom stereocenters. The fourth-order valence-electron chi connectivity index (χ4n) is 1.39. The van der Waals surface area contributed by atoms with Crippen LogP contribution < -0.4 is 0 Å². The maximum atomic E-state index is 12.7. The van der Waals surface area contributed by atoms with Crippen LogP contribution in [0.15, 0.2) is 29.2 Å². The van der Waals surface area contributed by atoms with Gasteiger partial charge in [-0.15, -0.1) is 11.8 Å². The van der Waals surface area contributed by atoms with Gasteiger partial charge < -0.3 is 9.47 Å². The Hall–Kier alpha value is -0.580. The van der Waals surface area contributed by atoms with E-state index in [0.717, 1.165) is 17.1 Å². The Morgan fingerprint density at radius 3 is 2.24 bits per heavy atom. The molecule has 0 heterocycles. The predicted octanol–water partition coefficient (Wildman–Crippen LogP) is 3.71. The fourth-order valence-corrected chi connectivity index (χ4v) is 2.26. The topological polar surface area (TPSA) is 18.5 Å². The number of benzene rings is 1. The molecule has 0 aliphatic heterocycles. The Kier molecular flexibility index (Phi) is 7.24. The van der Waals surface area contributed by atoms with Gasteiger partial charge in [0, 0.05) is 30.3 Å². The second-order valence-corrected chi connectivity index (χ2v) is 4.60. The van der Waals surface area contributed by atoms with Crippen LogP contribution in [-0.2, 0) is 9.47 Å². The minimum Gasteiger partial charge on any atom is -0.353 e. The zero-order valence-electron chi connectivity index (χ0n) is 10.3. The zero-order valence-corrected chi connectivity index (χ0v) is 11.1. The molecule has 0 N–H and O–H groups in total. The van der Waals surface area contributed by atoms with Crippen molar-refractivity contribution in [3.8, 4) is 0 Å². The highest BCUT2D eigenvalue weighted by Crippen LogP contribution is 2.20. The van der Waals surface area contributed by atoms with Gasteiger partial charge in [0.05, 0.1) is 0 Å². The lowest BCUT2D eigenvalue weighted by Gasteiger charge is -2.16. The molecule has 0 bridgehead atoms. The monoisotopic (exact) mass is 258 g/mol. The van der Waals surface area contributed by atoms with Crippen LogP contribution in [0.5, 0.6) is 0 Å². The van der Waals surface area contributed by atoms with E-state index in [1.54, 1.807) is 23.9 Å². The van der Waals surface area contributed by atoms with Gasteiger partial charge in [-0.25, -0.2) is 4.39 Å². The summed E-state index contributed by atoms with van der Waals surface area (Å²) in [5, 5.41) is 0. The molecular weight excluding hydrogens is 239 g/mol. The van der Waals surface area contributed by atoms with Crippen molar-refractivity contribution in [2.45, 2.75) is 31.5 Å². The van der Waals surface area contributed by atoms with E-state index in [9.17, 15) is 4.39 Å². The number of hydrogen-bond acceptors (Lipinski definition) is 3. The Balaban J connectivity index is 2.27. The second-order valence-electron chi connectivity index (χ2n) is 3.43. The molecule has 2 nitrogen and oxygen atoms in total. The van der Waals surface area contributed by atoms with Crippen LogP contribution in [0.25, 0.3) is 0 Å². The summed E-state index contributed by atoms with van der Waals surface area (Å²) in [6.07, 6.45) is 0.710. The average molecular weight is 258 g/mol. The van der Waals surface area contributed by atoms with Crippen LogP contribution >= 0.6 is 11.8 Å². The van der Waals surface area contributed by atoms with Crippen LogP contribution in [0, 0.1) is 5.82 Å². The van der Waals surface area contributed by atoms with Gasteiger partial charge in [0.25, 0.3) is 0 Å². The van der Waals surface area contributed by atoms with Crippen molar-refractivity contribution in [2.75, 3.05) is 19.0 Å². The molecular formula is C13H19FO2S. The summed E-state index contributed by atoms with van der Waals surface area (Å²) in [4.78, 5) is 1.07. The lowest BCUT2D eigenvalue weighted by atomic mass is 10.4. The van der Waals surface area contributed by atoms with Crippen molar-refractivity contribution >= 4 is 11.8 Å². The summed E-state index contributed by atoms with van der Waals surface area (Å²) in [5.74, 6) is 0.701. The third-order valence-electron chi connectivity index (χ3n) is 2.14. The first-order chi connectivity index (χ1) is 8.26. The molecule has 0 aromatic heterocycles. The van der Waals surface area contributed by atoms with E-state index in [-0.39, 0.29) is 12.1 Å². The SMILES string of the molecule is CCOC(CCSc1ccc(F)cc1)OCC. The molecule has 96 valence electrons. The van der Waals surface area contributed by atoms with Crippen LogP contribution in [0.3, 0.4) is 0 Å². The van der Waals surface area contributed by atoms with Gasteiger partial charge >= 0.3 is 0 Å². The van der Waals surface area contributed by atoms with E-state index in [1.165, 1.54) is 12.1 Å². The summed E-state index contributed by atoms with van der Waals surface area (Å²) in [6, 6.07) is 6.53. The van der Waals surface area contributed by atoms with Crippen LogP contribution in [0.2, 0.25) is 0 Å². The van der Waals surface area contributed by atoms with Gasteiger partial charge in [-0.2, -0.15) is 0 Å². The van der Waals surface area contributed by atoms with Gasteiger partial charge in [-0.05, 0) is 38.1 Å². The maximum absolute atomic E-state index is 12.7.